The van der Waals surface area contributed by atoms with Crippen molar-refractivity contribution in [2.75, 3.05) is 19.6 Å². The summed E-state index contributed by atoms with van der Waals surface area (Å²) in [5.74, 6) is 0.788. The lowest BCUT2D eigenvalue weighted by atomic mass is 10.0. The third-order valence-corrected chi connectivity index (χ3v) is 7.98. The van der Waals surface area contributed by atoms with Gasteiger partial charge in [-0.05, 0) is 48.6 Å². The number of fused-ring (bicyclic) bond motifs is 1. The van der Waals surface area contributed by atoms with Crippen LogP contribution in [-0.4, -0.2) is 44.4 Å². The van der Waals surface area contributed by atoms with E-state index in [1.807, 2.05) is 31.2 Å². The zero-order chi connectivity index (χ0) is 21.3. The minimum absolute atomic E-state index is 0.0181. The highest BCUT2D eigenvalue weighted by atomic mass is 35.5. The van der Waals surface area contributed by atoms with Crippen molar-refractivity contribution in [3.8, 4) is 5.75 Å². The molecule has 0 bridgehead atoms. The number of hydrogen-bond acceptors (Lipinski definition) is 4. The molecule has 30 heavy (non-hydrogen) atoms. The number of para-hydroxylation sites is 1. The van der Waals surface area contributed by atoms with Gasteiger partial charge < -0.3 is 10.1 Å². The summed E-state index contributed by atoms with van der Waals surface area (Å²) in [5.41, 5.74) is 1.38. The number of benzene rings is 2. The molecule has 0 radical (unpaired) electrons. The Bertz CT molecular complexity index is 1030. The summed E-state index contributed by atoms with van der Waals surface area (Å²) in [6, 6.07) is 12.2. The van der Waals surface area contributed by atoms with Crippen LogP contribution in [0.1, 0.15) is 35.7 Å². The summed E-state index contributed by atoms with van der Waals surface area (Å²) in [7, 11) is -3.75. The van der Waals surface area contributed by atoms with E-state index in [2.05, 4.69) is 5.32 Å². The van der Waals surface area contributed by atoms with Crippen molar-refractivity contribution in [3.63, 3.8) is 0 Å². The quantitative estimate of drug-likeness (QED) is 0.759. The van der Waals surface area contributed by atoms with E-state index in [-0.39, 0.29) is 27.5 Å². The van der Waals surface area contributed by atoms with Gasteiger partial charge >= 0.3 is 0 Å². The van der Waals surface area contributed by atoms with Crippen molar-refractivity contribution in [3.05, 3.63) is 58.6 Å². The van der Waals surface area contributed by atoms with Crippen LogP contribution in [0.2, 0.25) is 5.02 Å². The van der Waals surface area contributed by atoms with Crippen molar-refractivity contribution in [2.24, 2.45) is 5.92 Å². The Labute approximate surface area is 182 Å². The molecule has 1 fully saturated rings. The predicted octanol–water partition coefficient (Wildman–Crippen LogP) is 3.49. The first-order valence-electron chi connectivity index (χ1n) is 10.2. The fraction of sp³-hybridized carbons (Fsp3) is 0.409. The second-order valence-electron chi connectivity index (χ2n) is 8.02. The first-order chi connectivity index (χ1) is 14.3. The molecule has 2 aliphatic heterocycles. The van der Waals surface area contributed by atoms with E-state index in [0.717, 1.165) is 30.6 Å². The largest absolute Gasteiger partial charge is 0.488 e. The van der Waals surface area contributed by atoms with Gasteiger partial charge in [-0.2, -0.15) is 4.31 Å². The van der Waals surface area contributed by atoms with Crippen molar-refractivity contribution in [1.82, 2.24) is 9.62 Å². The lowest BCUT2D eigenvalue weighted by molar-refractivity contribution is 0.0933. The summed E-state index contributed by atoms with van der Waals surface area (Å²) in [4.78, 5) is 12.7. The molecular weight excluding hydrogens is 424 g/mol. The van der Waals surface area contributed by atoms with E-state index in [1.54, 1.807) is 6.07 Å². The molecule has 1 N–H and O–H groups in total. The Kier molecular flexibility index (Phi) is 6.04. The van der Waals surface area contributed by atoms with Gasteiger partial charge in [-0.25, -0.2) is 8.42 Å². The van der Waals surface area contributed by atoms with Gasteiger partial charge in [0.2, 0.25) is 10.0 Å². The fourth-order valence-electron chi connectivity index (χ4n) is 4.02. The van der Waals surface area contributed by atoms with Gasteiger partial charge in [0.1, 0.15) is 16.7 Å². The maximum Gasteiger partial charge on any atom is 0.251 e. The Morgan fingerprint density at radius 2 is 2.07 bits per heavy atom. The second kappa shape index (κ2) is 8.57. The first-order valence-corrected chi connectivity index (χ1v) is 12.0. The van der Waals surface area contributed by atoms with Crippen LogP contribution in [0.4, 0.5) is 0 Å². The molecule has 1 amide bonds. The molecule has 2 heterocycles. The van der Waals surface area contributed by atoms with E-state index >= 15 is 0 Å². The number of carbonyl (C=O) groups excluding carboxylic acids is 1. The molecule has 8 heteroatoms. The molecule has 2 aromatic carbocycles. The molecule has 0 saturated carbocycles. The van der Waals surface area contributed by atoms with Crippen LogP contribution in [0.5, 0.6) is 5.75 Å². The number of rotatable bonds is 5. The van der Waals surface area contributed by atoms with Gasteiger partial charge in [0.05, 0.1) is 11.6 Å². The van der Waals surface area contributed by atoms with E-state index < -0.39 is 10.0 Å². The number of ether oxygens (including phenoxy) is 1. The number of piperidine rings is 1. The average Bonchev–Trinajstić information content (AvgIpc) is 3.15. The highest BCUT2D eigenvalue weighted by Gasteiger charge is 2.31. The van der Waals surface area contributed by atoms with Gasteiger partial charge in [0.25, 0.3) is 5.91 Å². The molecule has 0 aliphatic carbocycles. The minimum Gasteiger partial charge on any atom is -0.488 e. The summed E-state index contributed by atoms with van der Waals surface area (Å²) >= 11 is 6.22. The molecule has 6 nitrogen and oxygen atoms in total. The van der Waals surface area contributed by atoms with Crippen LogP contribution in [0, 0.1) is 5.92 Å². The highest BCUT2D eigenvalue weighted by Crippen LogP contribution is 2.30. The topological polar surface area (TPSA) is 75.7 Å². The van der Waals surface area contributed by atoms with Crippen molar-refractivity contribution in [1.29, 1.82) is 0 Å². The minimum atomic E-state index is -3.75. The van der Waals surface area contributed by atoms with Crippen LogP contribution >= 0.6 is 11.6 Å². The smallest absolute Gasteiger partial charge is 0.251 e. The molecule has 0 spiro atoms. The Balaban J connectivity index is 1.45. The lowest BCUT2D eigenvalue weighted by Crippen LogP contribution is -2.39. The first kappa shape index (κ1) is 21.2. The standard InChI is InChI=1S/C22H25ClN2O4S/c1-15-5-4-10-25(14-15)30(27,28)21-12-17(8-9-19(21)23)22(26)24-13-18-11-16-6-2-3-7-20(16)29-18/h2-3,6-9,12,15,18H,4-5,10-11,13-14H2,1H3,(H,24,26). The number of carbonyl (C=O) groups is 1. The molecule has 4 rings (SSSR count). The number of sulfonamides is 1. The van der Waals surface area contributed by atoms with Crippen molar-refractivity contribution >= 4 is 27.5 Å². The number of nitrogens with one attached hydrogen (secondary N) is 1. The molecule has 2 unspecified atom stereocenters. The molecule has 1 saturated heterocycles. The Morgan fingerprint density at radius 1 is 1.27 bits per heavy atom. The molecule has 2 atom stereocenters. The number of nitrogens with zero attached hydrogens (tertiary/aromatic N) is 1. The van der Waals surface area contributed by atoms with Crippen molar-refractivity contribution < 1.29 is 17.9 Å². The van der Waals surface area contributed by atoms with Crippen molar-refractivity contribution in [2.45, 2.75) is 37.2 Å². The second-order valence-corrected chi connectivity index (χ2v) is 10.3. The maximum atomic E-state index is 13.1. The van der Waals surface area contributed by atoms with Gasteiger partial charge in [-0.3, -0.25) is 4.79 Å². The number of hydrogen-bond donors (Lipinski definition) is 1. The summed E-state index contributed by atoms with van der Waals surface area (Å²) in [6.07, 6.45) is 2.41. The Hall–Kier alpha value is -2.09. The third kappa shape index (κ3) is 4.33. The molecule has 2 aromatic rings. The van der Waals surface area contributed by atoms with E-state index in [0.29, 0.717) is 25.6 Å². The van der Waals surface area contributed by atoms with E-state index in [1.165, 1.54) is 16.4 Å². The monoisotopic (exact) mass is 448 g/mol. The van der Waals surface area contributed by atoms with Crippen LogP contribution in [0.25, 0.3) is 0 Å². The normalized spacial score (nSPS) is 21.7. The van der Waals surface area contributed by atoms with Crippen LogP contribution in [-0.2, 0) is 16.4 Å². The van der Waals surface area contributed by atoms with E-state index in [9.17, 15) is 13.2 Å². The van der Waals surface area contributed by atoms with Crippen LogP contribution in [0.3, 0.4) is 0 Å². The van der Waals surface area contributed by atoms with Crippen LogP contribution in [0.15, 0.2) is 47.4 Å². The average molecular weight is 449 g/mol. The van der Waals surface area contributed by atoms with Gasteiger partial charge in [0, 0.05) is 25.1 Å². The molecule has 0 aromatic heterocycles. The molecular formula is C22H25ClN2O4S. The maximum absolute atomic E-state index is 13.1. The zero-order valence-corrected chi connectivity index (χ0v) is 18.4. The predicted molar refractivity (Wildman–Crippen MR) is 116 cm³/mol. The number of halogens is 1. The third-order valence-electron chi connectivity index (χ3n) is 5.64. The molecule has 160 valence electrons. The highest BCUT2D eigenvalue weighted by molar-refractivity contribution is 7.89. The summed E-state index contributed by atoms with van der Waals surface area (Å²) in [6.45, 7) is 3.31. The van der Waals surface area contributed by atoms with Crippen LogP contribution < -0.4 is 10.1 Å². The van der Waals surface area contributed by atoms with Gasteiger partial charge in [-0.1, -0.05) is 36.7 Å². The molecule has 2 aliphatic rings. The summed E-state index contributed by atoms with van der Waals surface area (Å²) in [5, 5.41) is 2.97. The number of amides is 1. The van der Waals surface area contributed by atoms with Gasteiger partial charge in [-0.15, -0.1) is 0 Å². The fourth-order valence-corrected chi connectivity index (χ4v) is 6.12. The lowest BCUT2D eigenvalue weighted by Gasteiger charge is -2.30. The Morgan fingerprint density at radius 3 is 2.83 bits per heavy atom. The summed E-state index contributed by atoms with van der Waals surface area (Å²) < 4.78 is 33.5. The zero-order valence-electron chi connectivity index (χ0n) is 16.8. The SMILES string of the molecule is CC1CCCN(S(=O)(=O)c2cc(C(=O)NCC3Cc4ccccc4O3)ccc2Cl)C1. The van der Waals surface area contributed by atoms with E-state index in [4.69, 9.17) is 16.3 Å². The van der Waals surface area contributed by atoms with Gasteiger partial charge in [0.15, 0.2) is 0 Å².